The molecule has 0 saturated carbocycles. The molecule has 0 aliphatic heterocycles. The van der Waals surface area contributed by atoms with E-state index in [1.54, 1.807) is 60.7 Å². The molecule has 0 aliphatic carbocycles. The van der Waals surface area contributed by atoms with Crippen LogP contribution in [0, 0.1) is 10.1 Å². The van der Waals surface area contributed by atoms with Crippen molar-refractivity contribution < 1.29 is 14.5 Å². The highest BCUT2D eigenvalue weighted by Crippen LogP contribution is 2.28. The molecule has 0 bridgehead atoms. The minimum absolute atomic E-state index is 0.00169. The molecule has 8 nitrogen and oxygen atoms in total. The van der Waals surface area contributed by atoms with Crippen LogP contribution < -0.4 is 10.6 Å². The molecule has 2 N–H and O–H groups in total. The zero-order valence-corrected chi connectivity index (χ0v) is 16.5. The van der Waals surface area contributed by atoms with Gasteiger partial charge in [0.2, 0.25) is 0 Å². The van der Waals surface area contributed by atoms with Crippen LogP contribution in [0.15, 0.2) is 84.9 Å². The van der Waals surface area contributed by atoms with E-state index in [0.29, 0.717) is 11.3 Å². The zero-order valence-electron chi connectivity index (χ0n) is 15.6. The Morgan fingerprint density at radius 1 is 0.867 bits per heavy atom. The molecule has 0 spiro atoms. The third kappa shape index (κ3) is 4.95. The van der Waals surface area contributed by atoms with Crippen molar-refractivity contribution in [2.45, 2.75) is 6.04 Å². The summed E-state index contributed by atoms with van der Waals surface area (Å²) in [7, 11) is 0. The third-order valence-corrected chi connectivity index (χ3v) is 4.61. The minimum atomic E-state index is -1.09. The van der Waals surface area contributed by atoms with Gasteiger partial charge in [-0.25, -0.2) is 4.79 Å². The smallest absolute Gasteiger partial charge is 0.324 e. The van der Waals surface area contributed by atoms with E-state index in [0.717, 1.165) is 4.31 Å². The van der Waals surface area contributed by atoms with Gasteiger partial charge in [-0.15, -0.1) is 0 Å². The van der Waals surface area contributed by atoms with E-state index >= 15 is 0 Å². The number of nitrogens with zero attached hydrogens (tertiary/aromatic N) is 2. The summed E-state index contributed by atoms with van der Waals surface area (Å²) in [6, 6.07) is 21.3. The maximum atomic E-state index is 13.0. The van der Waals surface area contributed by atoms with Crippen LogP contribution in [0.1, 0.15) is 11.6 Å². The van der Waals surface area contributed by atoms with Crippen LogP contribution in [0.5, 0.6) is 0 Å². The van der Waals surface area contributed by atoms with Gasteiger partial charge < -0.3 is 10.6 Å². The Bertz CT molecular complexity index is 1050. The lowest BCUT2D eigenvalue weighted by molar-refractivity contribution is -0.383. The monoisotopic (exact) mass is 422 g/mol. The first-order chi connectivity index (χ1) is 14.5. The van der Waals surface area contributed by atoms with Gasteiger partial charge in [-0.1, -0.05) is 73.5 Å². The molecule has 3 rings (SSSR count). The van der Waals surface area contributed by atoms with Crippen LogP contribution in [0.4, 0.5) is 21.9 Å². The highest BCUT2D eigenvalue weighted by molar-refractivity contribution is 7.78. The summed E-state index contributed by atoms with van der Waals surface area (Å²) in [6.45, 7) is 0. The lowest BCUT2D eigenvalue weighted by atomic mass is 10.1. The predicted octanol–water partition coefficient (Wildman–Crippen LogP) is 4.65. The van der Waals surface area contributed by atoms with E-state index < -0.39 is 22.9 Å². The average Bonchev–Trinajstić information content (AvgIpc) is 2.75. The second kappa shape index (κ2) is 9.57. The average molecular weight is 422 g/mol. The van der Waals surface area contributed by atoms with Gasteiger partial charge in [-0.05, 0) is 23.8 Å². The number of benzene rings is 3. The molecular formula is C21H18N4O4S. The van der Waals surface area contributed by atoms with Crippen LogP contribution in [-0.4, -0.2) is 21.2 Å². The fourth-order valence-corrected chi connectivity index (χ4v) is 3.09. The number of nitro benzene ring substituents is 1. The van der Waals surface area contributed by atoms with Gasteiger partial charge >= 0.3 is 6.03 Å². The summed E-state index contributed by atoms with van der Waals surface area (Å²) in [5.74, 6) is -0.486. The second-order valence-corrected chi connectivity index (χ2v) is 6.65. The van der Waals surface area contributed by atoms with E-state index in [4.69, 9.17) is 0 Å². The number of thiol groups is 1. The van der Waals surface area contributed by atoms with Gasteiger partial charge in [0.25, 0.3) is 11.6 Å². The molecule has 1 atom stereocenters. The number of para-hydroxylation sites is 3. The lowest BCUT2D eigenvalue weighted by Crippen LogP contribution is -2.38. The van der Waals surface area contributed by atoms with Crippen molar-refractivity contribution in [1.82, 2.24) is 4.31 Å². The van der Waals surface area contributed by atoms with Gasteiger partial charge in [0.05, 0.1) is 4.92 Å². The molecule has 1 unspecified atom stereocenters. The molecule has 9 heteroatoms. The predicted molar refractivity (Wildman–Crippen MR) is 117 cm³/mol. The van der Waals surface area contributed by atoms with E-state index in [9.17, 15) is 19.7 Å². The second-order valence-electron chi connectivity index (χ2n) is 6.22. The van der Waals surface area contributed by atoms with Crippen molar-refractivity contribution in [3.63, 3.8) is 0 Å². The number of carbonyl (C=O) groups excluding carboxylic acids is 2. The maximum Gasteiger partial charge on any atom is 0.332 e. The Morgan fingerprint density at radius 2 is 1.43 bits per heavy atom. The fourth-order valence-electron chi connectivity index (χ4n) is 2.80. The first kappa shape index (κ1) is 20.9. The normalized spacial score (nSPS) is 11.2. The SMILES string of the molecule is O=C(Nc1ccccc1)C(c1ccccc1)N(S)C(=O)Nc1ccccc1[N+](=O)[O-]. The van der Waals surface area contributed by atoms with E-state index in [1.807, 2.05) is 6.07 Å². The number of carbonyl (C=O) groups is 2. The highest BCUT2D eigenvalue weighted by atomic mass is 32.1. The molecule has 0 fully saturated rings. The third-order valence-electron chi connectivity index (χ3n) is 4.20. The van der Waals surface area contributed by atoms with Crippen molar-refractivity contribution in [2.24, 2.45) is 0 Å². The van der Waals surface area contributed by atoms with Gasteiger partial charge in [0.15, 0.2) is 0 Å². The van der Waals surface area contributed by atoms with Crippen LogP contribution >= 0.6 is 12.8 Å². The van der Waals surface area contributed by atoms with Gasteiger partial charge in [-0.2, -0.15) is 0 Å². The molecule has 152 valence electrons. The molecule has 0 aliphatic rings. The number of hydrogen-bond acceptors (Lipinski definition) is 5. The van der Waals surface area contributed by atoms with E-state index in [2.05, 4.69) is 23.4 Å². The number of nitro groups is 1. The van der Waals surface area contributed by atoms with E-state index in [-0.39, 0.29) is 11.4 Å². The van der Waals surface area contributed by atoms with Crippen molar-refractivity contribution in [1.29, 1.82) is 0 Å². The number of nitrogens with one attached hydrogen (secondary N) is 2. The first-order valence-corrected chi connectivity index (χ1v) is 9.30. The Morgan fingerprint density at radius 3 is 2.07 bits per heavy atom. The van der Waals surface area contributed by atoms with Gasteiger partial charge in [0, 0.05) is 11.8 Å². The lowest BCUT2D eigenvalue weighted by Gasteiger charge is -2.26. The van der Waals surface area contributed by atoms with Crippen molar-refractivity contribution in [3.8, 4) is 0 Å². The molecule has 3 aromatic rings. The fraction of sp³-hybridized carbons (Fsp3) is 0.0476. The summed E-state index contributed by atoms with van der Waals surface area (Å²) in [5.41, 5.74) is 0.822. The van der Waals surface area contributed by atoms with Crippen molar-refractivity contribution in [3.05, 3.63) is 101 Å². The van der Waals surface area contributed by atoms with Gasteiger partial charge in [-0.3, -0.25) is 19.2 Å². The van der Waals surface area contributed by atoms with Crippen LogP contribution in [-0.2, 0) is 4.79 Å². The van der Waals surface area contributed by atoms with Crippen LogP contribution in [0.25, 0.3) is 0 Å². The highest BCUT2D eigenvalue weighted by Gasteiger charge is 2.30. The Labute approximate surface area is 178 Å². The first-order valence-electron chi connectivity index (χ1n) is 8.90. The van der Waals surface area contributed by atoms with Crippen LogP contribution in [0.3, 0.4) is 0 Å². The number of amides is 3. The summed E-state index contributed by atoms with van der Waals surface area (Å²) in [6.07, 6.45) is 0. The summed E-state index contributed by atoms with van der Waals surface area (Å²) in [4.78, 5) is 36.4. The Kier molecular flexibility index (Phi) is 6.66. The summed E-state index contributed by atoms with van der Waals surface area (Å²) < 4.78 is 0.907. The largest absolute Gasteiger partial charge is 0.332 e. The maximum absolute atomic E-state index is 13.0. The molecule has 0 saturated heterocycles. The van der Waals surface area contributed by atoms with Gasteiger partial charge in [0.1, 0.15) is 11.7 Å². The van der Waals surface area contributed by atoms with Crippen LogP contribution in [0.2, 0.25) is 0 Å². The molecule has 30 heavy (non-hydrogen) atoms. The Hall–Kier alpha value is -3.85. The number of urea groups is 1. The zero-order chi connectivity index (χ0) is 21.5. The molecule has 0 aromatic heterocycles. The molecule has 0 heterocycles. The number of anilines is 2. The molecule has 0 radical (unpaired) electrons. The summed E-state index contributed by atoms with van der Waals surface area (Å²) >= 11 is 4.24. The topological polar surface area (TPSA) is 105 Å². The van der Waals surface area contributed by atoms with E-state index in [1.165, 1.54) is 18.2 Å². The van der Waals surface area contributed by atoms with Crippen molar-refractivity contribution in [2.75, 3.05) is 10.6 Å². The standard InChI is InChI=1S/C21H18N4O4S/c26-20(22-16-11-5-2-6-12-16)19(15-9-3-1-4-10-15)24(30)21(27)23-17-13-7-8-14-18(17)25(28)29/h1-14,19,30H,(H,22,26)(H,23,27). The number of rotatable bonds is 6. The Balaban J connectivity index is 1.87. The van der Waals surface area contributed by atoms with Crippen molar-refractivity contribution >= 4 is 41.8 Å². The summed E-state index contributed by atoms with van der Waals surface area (Å²) in [5, 5.41) is 16.4. The molecule has 3 amide bonds. The number of hydrogen-bond donors (Lipinski definition) is 3. The quantitative estimate of drug-likeness (QED) is 0.305. The molecular weight excluding hydrogens is 404 g/mol. The molecule has 3 aromatic carbocycles. The minimum Gasteiger partial charge on any atom is -0.324 e.